The number of alkyl halides is 2. The Hall–Kier alpha value is 1.60. The maximum absolute atomic E-state index is 5.67. The molecule has 0 aliphatic heterocycles. The lowest BCUT2D eigenvalue weighted by Gasteiger charge is -2.25. The highest BCUT2D eigenvalue weighted by Gasteiger charge is 2.34. The average Bonchev–Trinajstić information content (AvgIpc) is 2.04. The number of rotatable bonds is 6. The predicted molar refractivity (Wildman–Crippen MR) is 66.8 cm³/mol. The Balaban J connectivity index is 3.96. The van der Waals surface area contributed by atoms with Crippen molar-refractivity contribution in [3.05, 3.63) is 0 Å². The van der Waals surface area contributed by atoms with Gasteiger partial charge in [0.25, 0.3) is 0 Å². The van der Waals surface area contributed by atoms with E-state index in [4.69, 9.17) is 8.85 Å². The summed E-state index contributed by atoms with van der Waals surface area (Å²) in [4.78, 5) is 0. The highest BCUT2D eigenvalue weighted by Crippen LogP contribution is 2.14. The SMILES string of the molecule is CCO[Si](CI)(CI)OCC. The molecule has 0 spiro atoms. The highest BCUT2D eigenvalue weighted by molar-refractivity contribution is 14.1. The molecule has 0 amide bonds. The lowest BCUT2D eigenvalue weighted by molar-refractivity contribution is 0.195. The van der Waals surface area contributed by atoms with E-state index in [1.807, 2.05) is 13.8 Å². The summed E-state index contributed by atoms with van der Waals surface area (Å²) in [5.74, 6) is 0. The van der Waals surface area contributed by atoms with Gasteiger partial charge < -0.3 is 8.85 Å². The molecule has 11 heavy (non-hydrogen) atoms. The summed E-state index contributed by atoms with van der Waals surface area (Å²) in [6.07, 6.45) is 0. The molecule has 0 aromatic carbocycles. The second kappa shape index (κ2) is 7.04. The molecule has 0 aromatic rings. The maximum atomic E-state index is 5.67. The first-order chi connectivity index (χ1) is 5.24. The minimum absolute atomic E-state index is 0.776. The lowest BCUT2D eigenvalue weighted by atomic mass is 10.9. The molecule has 0 heterocycles. The average molecular weight is 400 g/mol. The number of hydrogen-bond donors (Lipinski definition) is 0. The summed E-state index contributed by atoms with van der Waals surface area (Å²) in [7, 11) is -1.77. The predicted octanol–water partition coefficient (Wildman–Crippen LogP) is 2.45. The Morgan fingerprint density at radius 1 is 1.00 bits per heavy atom. The third kappa shape index (κ3) is 4.39. The van der Waals surface area contributed by atoms with Crippen molar-refractivity contribution < 1.29 is 8.85 Å². The minimum atomic E-state index is -1.77. The summed E-state index contributed by atoms with van der Waals surface area (Å²) in [6.45, 7) is 5.61. The number of halogens is 2. The molecular formula is C6H14I2O2Si. The fourth-order valence-electron chi connectivity index (χ4n) is 0.758. The van der Waals surface area contributed by atoms with Crippen molar-refractivity contribution in [2.45, 2.75) is 13.8 Å². The van der Waals surface area contributed by atoms with Crippen molar-refractivity contribution in [2.75, 3.05) is 21.3 Å². The van der Waals surface area contributed by atoms with Gasteiger partial charge in [-0.15, -0.1) is 0 Å². The van der Waals surface area contributed by atoms with E-state index in [2.05, 4.69) is 45.2 Å². The van der Waals surface area contributed by atoms with Crippen LogP contribution in [0.1, 0.15) is 13.8 Å². The second-order valence-electron chi connectivity index (χ2n) is 2.04. The van der Waals surface area contributed by atoms with E-state index in [0.717, 1.165) is 21.3 Å². The quantitative estimate of drug-likeness (QED) is 0.388. The van der Waals surface area contributed by atoms with Gasteiger partial charge in [-0.1, -0.05) is 45.2 Å². The zero-order valence-electron chi connectivity index (χ0n) is 6.90. The van der Waals surface area contributed by atoms with Crippen LogP contribution >= 0.6 is 45.2 Å². The fraction of sp³-hybridized carbons (Fsp3) is 1.00. The van der Waals surface area contributed by atoms with E-state index in [1.165, 1.54) is 0 Å². The Labute approximate surface area is 96.9 Å². The normalized spacial score (nSPS) is 12.0. The van der Waals surface area contributed by atoms with Crippen molar-refractivity contribution >= 4 is 53.7 Å². The first-order valence-corrected chi connectivity index (χ1v) is 8.92. The van der Waals surface area contributed by atoms with Crippen LogP contribution in [0.15, 0.2) is 0 Å². The van der Waals surface area contributed by atoms with Crippen LogP contribution in [0.4, 0.5) is 0 Å². The summed E-state index contributed by atoms with van der Waals surface area (Å²) < 4.78 is 13.4. The highest BCUT2D eigenvalue weighted by atomic mass is 127. The molecule has 0 rings (SSSR count). The van der Waals surface area contributed by atoms with Crippen LogP contribution in [0, 0.1) is 0 Å². The number of hydrogen-bond acceptors (Lipinski definition) is 2. The maximum Gasteiger partial charge on any atom is 0.358 e. The lowest BCUT2D eigenvalue weighted by Crippen LogP contribution is -2.47. The first-order valence-electron chi connectivity index (χ1n) is 3.64. The molecule has 0 aliphatic rings. The van der Waals surface area contributed by atoms with Crippen LogP contribution in [0.25, 0.3) is 0 Å². The van der Waals surface area contributed by atoms with Gasteiger partial charge in [0.05, 0.1) is 0 Å². The molecule has 0 unspecified atom stereocenters. The van der Waals surface area contributed by atoms with Crippen molar-refractivity contribution in [1.82, 2.24) is 0 Å². The van der Waals surface area contributed by atoms with Crippen LogP contribution in [0.2, 0.25) is 0 Å². The molecule has 0 fully saturated rings. The minimum Gasteiger partial charge on any atom is -0.394 e. The van der Waals surface area contributed by atoms with Gasteiger partial charge in [0, 0.05) is 21.3 Å². The Bertz CT molecular complexity index is 90.6. The Morgan fingerprint density at radius 3 is 1.55 bits per heavy atom. The van der Waals surface area contributed by atoms with Crippen LogP contribution in [-0.4, -0.2) is 29.9 Å². The van der Waals surface area contributed by atoms with Gasteiger partial charge in [0.15, 0.2) is 0 Å². The monoisotopic (exact) mass is 400 g/mol. The molecule has 0 atom stereocenters. The van der Waals surface area contributed by atoms with E-state index >= 15 is 0 Å². The summed E-state index contributed by atoms with van der Waals surface area (Å²) in [6, 6.07) is 0. The van der Waals surface area contributed by atoms with Crippen LogP contribution < -0.4 is 0 Å². The zero-order valence-corrected chi connectivity index (χ0v) is 12.2. The van der Waals surface area contributed by atoms with Gasteiger partial charge in [-0.2, -0.15) is 0 Å². The van der Waals surface area contributed by atoms with Crippen molar-refractivity contribution in [3.8, 4) is 0 Å². The summed E-state index contributed by atoms with van der Waals surface area (Å²) in [5.41, 5.74) is 0. The van der Waals surface area contributed by atoms with Crippen molar-refractivity contribution in [1.29, 1.82) is 0 Å². The molecule has 2 nitrogen and oxygen atoms in total. The van der Waals surface area contributed by atoms with E-state index in [0.29, 0.717) is 0 Å². The molecule has 0 saturated heterocycles. The fourth-order valence-corrected chi connectivity index (χ4v) is 9.63. The van der Waals surface area contributed by atoms with Crippen LogP contribution in [0.5, 0.6) is 0 Å². The topological polar surface area (TPSA) is 18.5 Å². The van der Waals surface area contributed by atoms with Gasteiger partial charge in [0.1, 0.15) is 0 Å². The van der Waals surface area contributed by atoms with Crippen molar-refractivity contribution in [3.63, 3.8) is 0 Å². The van der Waals surface area contributed by atoms with E-state index < -0.39 is 8.56 Å². The van der Waals surface area contributed by atoms with E-state index in [9.17, 15) is 0 Å². The van der Waals surface area contributed by atoms with Gasteiger partial charge in [-0.25, -0.2) is 0 Å². The molecule has 5 heteroatoms. The molecular weight excluding hydrogens is 386 g/mol. The van der Waals surface area contributed by atoms with E-state index in [1.54, 1.807) is 0 Å². The zero-order chi connectivity index (χ0) is 8.74. The molecule has 0 radical (unpaired) electrons. The molecule has 0 bridgehead atoms. The van der Waals surface area contributed by atoms with Crippen molar-refractivity contribution in [2.24, 2.45) is 0 Å². The molecule has 0 N–H and O–H groups in total. The third-order valence-corrected chi connectivity index (χ3v) is 10.6. The molecule has 0 aromatic heterocycles. The standard InChI is InChI=1S/C6H14I2O2Si/c1-3-9-11(5-7,6-8)10-4-2/h3-6H2,1-2H3. The summed E-state index contributed by atoms with van der Waals surface area (Å²) in [5, 5.41) is 0. The first kappa shape index (κ1) is 12.6. The summed E-state index contributed by atoms with van der Waals surface area (Å²) >= 11 is 4.71. The second-order valence-corrected chi connectivity index (χ2v) is 9.55. The Kier molecular flexibility index (Phi) is 8.07. The smallest absolute Gasteiger partial charge is 0.358 e. The molecule has 0 aliphatic carbocycles. The van der Waals surface area contributed by atoms with Crippen LogP contribution in [-0.2, 0) is 8.85 Å². The van der Waals surface area contributed by atoms with Gasteiger partial charge in [-0.3, -0.25) is 0 Å². The van der Waals surface area contributed by atoms with E-state index in [-0.39, 0.29) is 0 Å². The van der Waals surface area contributed by atoms with Gasteiger partial charge in [-0.05, 0) is 13.8 Å². The molecule has 68 valence electrons. The van der Waals surface area contributed by atoms with Gasteiger partial charge in [0.2, 0.25) is 0 Å². The largest absolute Gasteiger partial charge is 0.394 e. The third-order valence-electron chi connectivity index (χ3n) is 1.22. The van der Waals surface area contributed by atoms with Crippen LogP contribution in [0.3, 0.4) is 0 Å². The molecule has 0 saturated carbocycles. The Morgan fingerprint density at radius 2 is 1.36 bits per heavy atom. The van der Waals surface area contributed by atoms with Gasteiger partial charge >= 0.3 is 8.56 Å².